The van der Waals surface area contributed by atoms with Gasteiger partial charge in [-0.3, -0.25) is 4.90 Å². The van der Waals surface area contributed by atoms with Gasteiger partial charge in [-0.1, -0.05) is 6.07 Å². The van der Waals surface area contributed by atoms with E-state index in [1.165, 1.54) is 11.1 Å². The molecule has 2 aliphatic heterocycles. The summed E-state index contributed by atoms with van der Waals surface area (Å²) < 4.78 is 5.51. The number of fused-ring (bicyclic) bond motifs is 3. The minimum absolute atomic E-state index is 0.213. The number of piperazine rings is 1. The fourth-order valence-corrected chi connectivity index (χ4v) is 3.31. The molecule has 0 aromatic heterocycles. The molecule has 120 valence electrons. The lowest BCUT2D eigenvalue weighted by molar-refractivity contribution is 0.00194. The van der Waals surface area contributed by atoms with Crippen LogP contribution in [0.5, 0.6) is 0 Å². The Kier molecular flexibility index (Phi) is 3.77. The molecule has 1 fully saturated rings. The highest BCUT2D eigenvalue weighted by Crippen LogP contribution is 2.33. The Balaban J connectivity index is 1.78. The molecule has 0 spiro atoms. The maximum Gasteiger partial charge on any atom is 0.410 e. The zero-order chi connectivity index (χ0) is 15.9. The number of anilines is 1. The third-order valence-corrected chi connectivity index (χ3v) is 4.34. The molecule has 0 unspecified atom stereocenters. The monoisotopic (exact) mass is 303 g/mol. The quantitative estimate of drug-likeness (QED) is 0.748. The molecule has 1 atom stereocenters. The predicted molar refractivity (Wildman–Crippen MR) is 86.7 cm³/mol. The van der Waals surface area contributed by atoms with Crippen LogP contribution in [-0.4, -0.2) is 47.7 Å². The van der Waals surface area contributed by atoms with Crippen LogP contribution in [0.3, 0.4) is 0 Å². The van der Waals surface area contributed by atoms with Gasteiger partial charge in [0.2, 0.25) is 0 Å². The molecule has 1 amide bonds. The summed E-state index contributed by atoms with van der Waals surface area (Å²) in [6.07, 6.45) is 0.818. The Bertz CT molecular complexity index is 580. The number of nitrogens with two attached hydrogens (primary N) is 1. The molecule has 0 radical (unpaired) electrons. The van der Waals surface area contributed by atoms with E-state index in [1.807, 2.05) is 31.7 Å². The van der Waals surface area contributed by atoms with E-state index in [1.54, 1.807) is 0 Å². The summed E-state index contributed by atoms with van der Waals surface area (Å²) in [5.74, 6) is 0. The van der Waals surface area contributed by atoms with Gasteiger partial charge in [-0.05, 0) is 50.5 Å². The SMILES string of the molecule is CC(C)(C)OC(=O)N1CCN2CCc3cc(N)ccc3[C@@H]2C1. The third kappa shape index (κ3) is 3.04. The first-order valence-corrected chi connectivity index (χ1v) is 7.94. The van der Waals surface area contributed by atoms with E-state index in [0.717, 1.165) is 31.7 Å². The van der Waals surface area contributed by atoms with E-state index in [4.69, 9.17) is 10.5 Å². The number of benzene rings is 1. The van der Waals surface area contributed by atoms with Gasteiger partial charge in [0.15, 0.2) is 0 Å². The number of rotatable bonds is 0. The molecule has 22 heavy (non-hydrogen) atoms. The molecule has 1 aromatic rings. The molecule has 5 nitrogen and oxygen atoms in total. The van der Waals surface area contributed by atoms with Crippen LogP contribution in [0, 0.1) is 0 Å². The van der Waals surface area contributed by atoms with E-state index in [9.17, 15) is 4.79 Å². The van der Waals surface area contributed by atoms with Crippen LogP contribution in [0.2, 0.25) is 0 Å². The maximum atomic E-state index is 12.3. The van der Waals surface area contributed by atoms with Crippen molar-refractivity contribution < 1.29 is 9.53 Å². The van der Waals surface area contributed by atoms with E-state index >= 15 is 0 Å². The second kappa shape index (κ2) is 5.47. The Morgan fingerprint density at radius 1 is 1.27 bits per heavy atom. The van der Waals surface area contributed by atoms with Gasteiger partial charge < -0.3 is 15.4 Å². The van der Waals surface area contributed by atoms with E-state index in [-0.39, 0.29) is 12.1 Å². The lowest BCUT2D eigenvalue weighted by atomic mass is 9.90. The normalized spacial score (nSPS) is 22.0. The van der Waals surface area contributed by atoms with Crippen LogP contribution in [0.4, 0.5) is 10.5 Å². The number of amides is 1. The molecule has 0 saturated carbocycles. The predicted octanol–water partition coefficient (Wildman–Crippen LogP) is 2.42. The van der Waals surface area contributed by atoms with Gasteiger partial charge in [-0.15, -0.1) is 0 Å². The molecule has 0 aliphatic carbocycles. The fourth-order valence-electron chi connectivity index (χ4n) is 3.31. The molecular weight excluding hydrogens is 278 g/mol. The topological polar surface area (TPSA) is 58.8 Å². The van der Waals surface area contributed by atoms with Crippen molar-refractivity contribution in [1.82, 2.24) is 9.80 Å². The van der Waals surface area contributed by atoms with Gasteiger partial charge in [-0.2, -0.15) is 0 Å². The lowest BCUT2D eigenvalue weighted by Crippen LogP contribution is -2.53. The van der Waals surface area contributed by atoms with Crippen molar-refractivity contribution >= 4 is 11.8 Å². The second-order valence-electron chi connectivity index (χ2n) is 7.19. The van der Waals surface area contributed by atoms with Crippen molar-refractivity contribution in [2.24, 2.45) is 0 Å². The molecule has 5 heteroatoms. The first-order chi connectivity index (χ1) is 10.3. The highest BCUT2D eigenvalue weighted by atomic mass is 16.6. The Morgan fingerprint density at radius 2 is 2.05 bits per heavy atom. The van der Waals surface area contributed by atoms with Gasteiger partial charge >= 0.3 is 6.09 Å². The number of hydrogen-bond donors (Lipinski definition) is 1. The van der Waals surface area contributed by atoms with Gasteiger partial charge in [0, 0.05) is 31.9 Å². The fraction of sp³-hybridized carbons (Fsp3) is 0.588. The van der Waals surface area contributed by atoms with Gasteiger partial charge in [-0.25, -0.2) is 4.79 Å². The highest BCUT2D eigenvalue weighted by molar-refractivity contribution is 5.68. The molecule has 2 heterocycles. The summed E-state index contributed by atoms with van der Waals surface area (Å²) in [6.45, 7) is 9.05. The second-order valence-corrected chi connectivity index (χ2v) is 7.19. The van der Waals surface area contributed by atoms with Crippen LogP contribution in [0.15, 0.2) is 18.2 Å². The van der Waals surface area contributed by atoms with Crippen molar-refractivity contribution in [2.45, 2.75) is 38.8 Å². The smallest absolute Gasteiger partial charge is 0.410 e. The average molecular weight is 303 g/mol. The molecule has 1 aromatic carbocycles. The van der Waals surface area contributed by atoms with Crippen LogP contribution in [0.1, 0.15) is 37.9 Å². The summed E-state index contributed by atoms with van der Waals surface area (Å²) in [7, 11) is 0. The Hall–Kier alpha value is -1.75. The number of carbonyl (C=O) groups excluding carboxylic acids is 1. The number of ether oxygens (including phenoxy) is 1. The van der Waals surface area contributed by atoms with E-state index in [0.29, 0.717) is 6.54 Å². The zero-order valence-corrected chi connectivity index (χ0v) is 13.6. The van der Waals surface area contributed by atoms with Crippen molar-refractivity contribution in [2.75, 3.05) is 31.9 Å². The van der Waals surface area contributed by atoms with Crippen LogP contribution in [0.25, 0.3) is 0 Å². The van der Waals surface area contributed by atoms with Gasteiger partial charge in [0.05, 0.1) is 6.04 Å². The highest BCUT2D eigenvalue weighted by Gasteiger charge is 2.35. The van der Waals surface area contributed by atoms with E-state index in [2.05, 4.69) is 17.0 Å². The number of carbonyl (C=O) groups is 1. The third-order valence-electron chi connectivity index (χ3n) is 4.34. The summed E-state index contributed by atoms with van der Waals surface area (Å²) in [4.78, 5) is 16.6. The number of nitrogen functional groups attached to an aromatic ring is 1. The van der Waals surface area contributed by atoms with Crippen molar-refractivity contribution in [1.29, 1.82) is 0 Å². The molecule has 0 bridgehead atoms. The minimum atomic E-state index is -0.451. The number of hydrogen-bond acceptors (Lipinski definition) is 4. The van der Waals surface area contributed by atoms with Crippen LogP contribution >= 0.6 is 0 Å². The van der Waals surface area contributed by atoms with E-state index < -0.39 is 5.60 Å². The molecule has 2 aliphatic rings. The summed E-state index contributed by atoms with van der Waals surface area (Å²) in [6, 6.07) is 6.39. The van der Waals surface area contributed by atoms with Crippen LogP contribution < -0.4 is 5.73 Å². The molecule has 2 N–H and O–H groups in total. The standard InChI is InChI=1S/C17H25N3O2/c1-17(2,3)22-16(21)20-9-8-19-7-6-12-10-13(18)4-5-14(12)15(19)11-20/h4-5,10,15H,6-9,11,18H2,1-3H3/t15-/m0/s1. The van der Waals surface area contributed by atoms with Crippen molar-refractivity contribution in [3.63, 3.8) is 0 Å². The first kappa shape index (κ1) is 15.2. The summed E-state index contributed by atoms with van der Waals surface area (Å²) in [5, 5.41) is 0. The summed E-state index contributed by atoms with van der Waals surface area (Å²) >= 11 is 0. The maximum absolute atomic E-state index is 12.3. The van der Waals surface area contributed by atoms with Crippen LogP contribution in [-0.2, 0) is 11.2 Å². The largest absolute Gasteiger partial charge is 0.444 e. The number of nitrogens with zero attached hydrogens (tertiary/aromatic N) is 2. The zero-order valence-electron chi connectivity index (χ0n) is 13.6. The van der Waals surface area contributed by atoms with Gasteiger partial charge in [0.25, 0.3) is 0 Å². The average Bonchev–Trinajstić information content (AvgIpc) is 2.44. The van der Waals surface area contributed by atoms with Crippen molar-refractivity contribution in [3.8, 4) is 0 Å². The van der Waals surface area contributed by atoms with Gasteiger partial charge in [0.1, 0.15) is 5.60 Å². The first-order valence-electron chi connectivity index (χ1n) is 7.94. The summed E-state index contributed by atoms with van der Waals surface area (Å²) in [5.41, 5.74) is 8.87. The molecular formula is C17H25N3O2. The molecule has 1 saturated heterocycles. The van der Waals surface area contributed by atoms with Crippen molar-refractivity contribution in [3.05, 3.63) is 29.3 Å². The Morgan fingerprint density at radius 3 is 2.77 bits per heavy atom. The Labute approximate surface area is 132 Å². The minimum Gasteiger partial charge on any atom is -0.444 e. The lowest BCUT2D eigenvalue weighted by Gasteiger charge is -2.44. The molecule has 3 rings (SSSR count).